The fraction of sp³-hybridized carbons (Fsp3) is 0.154. The summed E-state index contributed by atoms with van der Waals surface area (Å²) in [5.41, 5.74) is 2.38. The number of rotatable bonds is 7. The number of nitriles is 1. The minimum absolute atomic E-state index is 0.308. The zero-order chi connectivity index (χ0) is 26.4. The lowest BCUT2D eigenvalue weighted by molar-refractivity contribution is -0.274. The average molecular weight is 506 g/mol. The monoisotopic (exact) mass is 506 g/mol. The van der Waals surface area contributed by atoms with Crippen molar-refractivity contribution < 1.29 is 22.7 Å². The third-order valence-electron chi connectivity index (χ3n) is 5.27. The molecule has 8 nitrogen and oxygen atoms in total. The number of fused-ring (bicyclic) bond motifs is 1. The van der Waals surface area contributed by atoms with Crippen LogP contribution < -0.4 is 20.7 Å². The second-order valence-electron chi connectivity index (χ2n) is 8.08. The van der Waals surface area contributed by atoms with Crippen molar-refractivity contribution in [3.8, 4) is 23.1 Å². The molecule has 1 heterocycles. The van der Waals surface area contributed by atoms with Gasteiger partial charge in [-0.2, -0.15) is 5.26 Å². The molecule has 0 saturated carbocycles. The molecular formula is C26H21F3N6O2. The number of nitrogens with zero attached hydrogens (tertiary/aromatic N) is 3. The molecule has 0 radical (unpaired) electrons. The van der Waals surface area contributed by atoms with Crippen molar-refractivity contribution >= 4 is 28.3 Å². The summed E-state index contributed by atoms with van der Waals surface area (Å²) in [6.07, 6.45) is -4.78. The number of urea groups is 1. The van der Waals surface area contributed by atoms with Crippen molar-refractivity contribution in [1.29, 1.82) is 5.26 Å². The van der Waals surface area contributed by atoms with Crippen LogP contribution in [-0.2, 0) is 0 Å². The van der Waals surface area contributed by atoms with E-state index in [2.05, 4.69) is 37.0 Å². The van der Waals surface area contributed by atoms with Crippen LogP contribution >= 0.6 is 0 Å². The zero-order valence-corrected chi connectivity index (χ0v) is 19.5. The van der Waals surface area contributed by atoms with Gasteiger partial charge in [-0.15, -0.1) is 23.4 Å². The lowest BCUT2D eigenvalue weighted by Crippen LogP contribution is -2.40. The summed E-state index contributed by atoms with van der Waals surface area (Å²) in [6, 6.07) is 20.8. The van der Waals surface area contributed by atoms with Crippen molar-refractivity contribution in [2.45, 2.75) is 19.3 Å². The lowest BCUT2D eigenvalue weighted by atomic mass is 10.0. The fourth-order valence-corrected chi connectivity index (χ4v) is 3.58. The molecule has 0 aliphatic rings. The Kier molecular flexibility index (Phi) is 7.39. The van der Waals surface area contributed by atoms with Crippen LogP contribution in [-0.4, -0.2) is 35.2 Å². The summed E-state index contributed by atoms with van der Waals surface area (Å²) in [7, 11) is 0. The Morgan fingerprint density at radius 3 is 2.32 bits per heavy atom. The van der Waals surface area contributed by atoms with E-state index in [-0.39, 0.29) is 11.8 Å². The van der Waals surface area contributed by atoms with Crippen molar-refractivity contribution in [3.05, 3.63) is 78.4 Å². The van der Waals surface area contributed by atoms with Crippen LogP contribution in [0.15, 0.2) is 72.8 Å². The third kappa shape index (κ3) is 6.64. The van der Waals surface area contributed by atoms with E-state index in [9.17, 15) is 18.0 Å². The minimum Gasteiger partial charge on any atom is -0.406 e. The molecule has 0 fully saturated rings. The molecular weight excluding hydrogens is 485 g/mol. The quantitative estimate of drug-likeness (QED) is 0.297. The number of carbonyl (C=O) groups excluding carboxylic acids is 1. The topological polar surface area (TPSA) is 112 Å². The average Bonchev–Trinajstić information content (AvgIpc) is 2.87. The Balaban J connectivity index is 1.38. The van der Waals surface area contributed by atoms with Gasteiger partial charge in [0.1, 0.15) is 11.4 Å². The van der Waals surface area contributed by atoms with Gasteiger partial charge in [-0.05, 0) is 43.3 Å². The number of halogens is 3. The summed E-state index contributed by atoms with van der Waals surface area (Å²) >= 11 is 0. The Morgan fingerprint density at radius 2 is 1.68 bits per heavy atom. The van der Waals surface area contributed by atoms with Crippen LogP contribution in [0.3, 0.4) is 0 Å². The SMILES string of the molecule is C[C@@H](CNc1nnc(-c2ccc(C#N)cc2)c2ccccc12)NC(=O)Nc1ccc(OC(F)(F)F)cc1. The van der Waals surface area contributed by atoms with Crippen molar-refractivity contribution in [2.75, 3.05) is 17.2 Å². The highest BCUT2D eigenvalue weighted by atomic mass is 19.4. The smallest absolute Gasteiger partial charge is 0.406 e. The normalized spacial score (nSPS) is 11.9. The van der Waals surface area contributed by atoms with Crippen LogP contribution in [0.2, 0.25) is 0 Å². The van der Waals surface area contributed by atoms with E-state index in [0.717, 1.165) is 28.5 Å². The van der Waals surface area contributed by atoms with Gasteiger partial charge in [-0.1, -0.05) is 36.4 Å². The predicted octanol–water partition coefficient (Wildman–Crippen LogP) is 5.69. The van der Waals surface area contributed by atoms with Crippen LogP contribution in [0.25, 0.3) is 22.0 Å². The number of alkyl halides is 3. The molecule has 4 aromatic rings. The zero-order valence-electron chi connectivity index (χ0n) is 19.5. The lowest BCUT2D eigenvalue weighted by Gasteiger charge is -2.17. The van der Waals surface area contributed by atoms with Gasteiger partial charge in [-0.25, -0.2) is 4.79 Å². The number of hydrogen-bond acceptors (Lipinski definition) is 6. The number of carbonyl (C=O) groups is 1. The number of aromatic nitrogens is 2. The van der Waals surface area contributed by atoms with Crippen LogP contribution in [0.5, 0.6) is 5.75 Å². The maximum atomic E-state index is 12.3. The molecule has 4 rings (SSSR count). The van der Waals surface area contributed by atoms with Crippen molar-refractivity contribution in [2.24, 2.45) is 0 Å². The first-order valence-electron chi connectivity index (χ1n) is 11.1. The summed E-state index contributed by atoms with van der Waals surface area (Å²) in [6.45, 7) is 2.12. The standard InChI is InChI=1S/C26H21F3N6O2/c1-16(32-25(36)33-19-10-12-20(13-11-19)37-26(27,28)29)15-31-24-22-5-3-2-4-21(22)23(34-35-24)18-8-6-17(14-30)7-9-18/h2-13,16H,15H2,1H3,(H,31,35)(H2,32,33,36)/t16-/m0/s1. The second kappa shape index (κ2) is 10.8. The van der Waals surface area contributed by atoms with E-state index >= 15 is 0 Å². The molecule has 0 aliphatic carbocycles. The molecule has 3 N–H and O–H groups in total. The molecule has 0 aliphatic heterocycles. The van der Waals surface area contributed by atoms with Gasteiger partial charge in [0.2, 0.25) is 0 Å². The number of nitrogens with one attached hydrogen (secondary N) is 3. The van der Waals surface area contributed by atoms with E-state index in [4.69, 9.17) is 5.26 Å². The van der Waals surface area contributed by atoms with E-state index in [1.807, 2.05) is 36.4 Å². The van der Waals surface area contributed by atoms with Gasteiger partial charge in [0.15, 0.2) is 5.82 Å². The molecule has 3 aromatic carbocycles. The molecule has 0 saturated heterocycles. The third-order valence-corrected chi connectivity index (χ3v) is 5.27. The molecule has 0 spiro atoms. The van der Waals surface area contributed by atoms with Gasteiger partial charge < -0.3 is 20.7 Å². The molecule has 1 aromatic heterocycles. The molecule has 2 amide bonds. The maximum absolute atomic E-state index is 12.3. The summed E-state index contributed by atoms with van der Waals surface area (Å²) in [4.78, 5) is 12.3. The summed E-state index contributed by atoms with van der Waals surface area (Å²) in [5, 5.41) is 28.0. The maximum Gasteiger partial charge on any atom is 0.573 e. The van der Waals surface area contributed by atoms with Gasteiger partial charge in [0.05, 0.1) is 11.6 Å². The van der Waals surface area contributed by atoms with Crippen LogP contribution in [0.4, 0.5) is 29.5 Å². The molecule has 1 atom stereocenters. The first-order valence-corrected chi connectivity index (χ1v) is 11.1. The minimum atomic E-state index is -4.78. The van der Waals surface area contributed by atoms with E-state index < -0.39 is 12.4 Å². The van der Waals surface area contributed by atoms with Crippen LogP contribution in [0, 0.1) is 11.3 Å². The second-order valence-corrected chi connectivity index (χ2v) is 8.08. The highest BCUT2D eigenvalue weighted by molar-refractivity contribution is 6.00. The number of benzene rings is 3. The van der Waals surface area contributed by atoms with E-state index in [0.29, 0.717) is 29.3 Å². The molecule has 11 heteroatoms. The summed E-state index contributed by atoms with van der Waals surface area (Å²) in [5.74, 6) is 0.164. The van der Waals surface area contributed by atoms with Gasteiger partial charge in [-0.3, -0.25) is 0 Å². The largest absolute Gasteiger partial charge is 0.573 e. The molecule has 0 bridgehead atoms. The Morgan fingerprint density at radius 1 is 1.00 bits per heavy atom. The van der Waals surface area contributed by atoms with Gasteiger partial charge in [0, 0.05) is 34.6 Å². The molecule has 0 unspecified atom stereocenters. The van der Waals surface area contributed by atoms with E-state index in [1.54, 1.807) is 19.1 Å². The van der Waals surface area contributed by atoms with Crippen molar-refractivity contribution in [1.82, 2.24) is 15.5 Å². The Hall–Kier alpha value is -4.85. The number of ether oxygens (including phenoxy) is 1. The number of hydrogen-bond donors (Lipinski definition) is 3. The number of amides is 2. The van der Waals surface area contributed by atoms with Gasteiger partial charge >= 0.3 is 12.4 Å². The first-order chi connectivity index (χ1) is 17.7. The summed E-state index contributed by atoms with van der Waals surface area (Å²) < 4.78 is 40.6. The fourth-order valence-electron chi connectivity index (χ4n) is 3.58. The predicted molar refractivity (Wildman–Crippen MR) is 133 cm³/mol. The number of anilines is 2. The van der Waals surface area contributed by atoms with Gasteiger partial charge in [0.25, 0.3) is 0 Å². The highest BCUT2D eigenvalue weighted by Crippen LogP contribution is 2.30. The van der Waals surface area contributed by atoms with Crippen molar-refractivity contribution in [3.63, 3.8) is 0 Å². The molecule has 37 heavy (non-hydrogen) atoms. The first kappa shape index (κ1) is 25.2. The Labute approximate surface area is 210 Å². The highest BCUT2D eigenvalue weighted by Gasteiger charge is 2.31. The van der Waals surface area contributed by atoms with Crippen LogP contribution in [0.1, 0.15) is 12.5 Å². The van der Waals surface area contributed by atoms with E-state index in [1.165, 1.54) is 12.1 Å². The molecule has 188 valence electrons. The Bertz CT molecular complexity index is 1430.